The van der Waals surface area contributed by atoms with Crippen LogP contribution >= 0.6 is 23.1 Å². The highest BCUT2D eigenvalue weighted by Gasteiger charge is 2.05. The van der Waals surface area contributed by atoms with Gasteiger partial charge in [-0.3, -0.25) is 0 Å². The normalized spacial score (nSPS) is 10.7. The fourth-order valence-corrected chi connectivity index (χ4v) is 3.12. The molecule has 0 amide bonds. The van der Waals surface area contributed by atoms with E-state index < -0.39 is 0 Å². The first-order valence-corrected chi connectivity index (χ1v) is 7.77. The molecular formula is C13H17N3S2. The van der Waals surface area contributed by atoms with Crippen LogP contribution in [0.15, 0.2) is 24.8 Å². The van der Waals surface area contributed by atoms with Crippen LogP contribution in [0.25, 0.3) is 10.2 Å². The smallest absolute Gasteiger partial charge is 0.0907 e. The standard InChI is InChI=1S/C13H17N3S2/c1-3-5-17-6-4-15-11-8-12-13(7-10(11)14)18-9(2)16-12/h3,7-8,15H,1,4-6,14H2,2H3. The molecule has 0 aliphatic heterocycles. The van der Waals surface area contributed by atoms with Crippen molar-refractivity contribution >= 4 is 44.7 Å². The van der Waals surface area contributed by atoms with Crippen molar-refractivity contribution in [2.24, 2.45) is 0 Å². The lowest BCUT2D eigenvalue weighted by molar-refractivity contribution is 1.23. The quantitative estimate of drug-likeness (QED) is 0.482. The predicted molar refractivity (Wildman–Crippen MR) is 84.8 cm³/mol. The summed E-state index contributed by atoms with van der Waals surface area (Å²) >= 11 is 3.53. The van der Waals surface area contributed by atoms with Crippen molar-refractivity contribution in [2.45, 2.75) is 6.92 Å². The van der Waals surface area contributed by atoms with Crippen molar-refractivity contribution < 1.29 is 0 Å². The van der Waals surface area contributed by atoms with Gasteiger partial charge in [0.2, 0.25) is 0 Å². The molecule has 0 aliphatic carbocycles. The van der Waals surface area contributed by atoms with Crippen LogP contribution in [-0.2, 0) is 0 Å². The topological polar surface area (TPSA) is 50.9 Å². The highest BCUT2D eigenvalue weighted by Crippen LogP contribution is 2.29. The monoisotopic (exact) mass is 279 g/mol. The molecule has 0 saturated carbocycles. The Morgan fingerprint density at radius 2 is 2.39 bits per heavy atom. The molecule has 2 aromatic rings. The maximum atomic E-state index is 6.03. The lowest BCUT2D eigenvalue weighted by atomic mass is 10.2. The van der Waals surface area contributed by atoms with E-state index in [9.17, 15) is 0 Å². The van der Waals surface area contributed by atoms with Crippen LogP contribution in [0.1, 0.15) is 5.01 Å². The van der Waals surface area contributed by atoms with Gasteiger partial charge in [-0.2, -0.15) is 11.8 Å². The number of thioether (sulfide) groups is 1. The summed E-state index contributed by atoms with van der Waals surface area (Å²) in [6.07, 6.45) is 1.92. The van der Waals surface area contributed by atoms with Crippen LogP contribution in [0.4, 0.5) is 11.4 Å². The highest BCUT2D eigenvalue weighted by molar-refractivity contribution is 7.99. The molecule has 18 heavy (non-hydrogen) atoms. The Hall–Kier alpha value is -1.20. The average Bonchev–Trinajstić information content (AvgIpc) is 2.68. The summed E-state index contributed by atoms with van der Waals surface area (Å²) in [6, 6.07) is 4.03. The van der Waals surface area contributed by atoms with Crippen LogP contribution in [0.2, 0.25) is 0 Å². The lowest BCUT2D eigenvalue weighted by Crippen LogP contribution is -2.06. The minimum Gasteiger partial charge on any atom is -0.397 e. The number of nitrogens with zero attached hydrogens (tertiary/aromatic N) is 1. The first-order chi connectivity index (χ1) is 8.70. The number of aryl methyl sites for hydroxylation is 1. The van der Waals surface area contributed by atoms with Gasteiger partial charge in [-0.05, 0) is 19.1 Å². The van der Waals surface area contributed by atoms with Crippen LogP contribution < -0.4 is 11.1 Å². The molecule has 0 fully saturated rings. The third-order valence-corrected chi connectivity index (χ3v) is 4.36. The van der Waals surface area contributed by atoms with Crippen molar-refractivity contribution in [1.29, 1.82) is 0 Å². The van der Waals surface area contributed by atoms with E-state index in [0.717, 1.165) is 44.6 Å². The fourth-order valence-electron chi connectivity index (χ4n) is 1.68. The number of nitrogens with one attached hydrogen (secondary N) is 1. The number of hydrogen-bond acceptors (Lipinski definition) is 5. The first-order valence-electron chi connectivity index (χ1n) is 5.80. The first kappa shape index (κ1) is 13.2. The molecule has 0 aliphatic rings. The number of nitrogens with two attached hydrogens (primary N) is 1. The molecule has 1 aromatic carbocycles. The van der Waals surface area contributed by atoms with Gasteiger partial charge in [0.25, 0.3) is 0 Å². The summed E-state index contributed by atoms with van der Waals surface area (Å²) in [7, 11) is 0. The van der Waals surface area contributed by atoms with Crippen molar-refractivity contribution in [3.63, 3.8) is 0 Å². The molecule has 0 atom stereocenters. The fraction of sp³-hybridized carbons (Fsp3) is 0.308. The molecule has 0 radical (unpaired) electrons. The lowest BCUT2D eigenvalue weighted by Gasteiger charge is -2.08. The number of benzene rings is 1. The number of rotatable bonds is 6. The summed E-state index contributed by atoms with van der Waals surface area (Å²) in [6.45, 7) is 6.61. The SMILES string of the molecule is C=CCSCCNc1cc2nc(C)sc2cc1N. The molecule has 0 bridgehead atoms. The predicted octanol–water partition coefficient (Wildman–Crippen LogP) is 3.52. The van der Waals surface area contributed by atoms with E-state index in [2.05, 4.69) is 16.9 Å². The largest absolute Gasteiger partial charge is 0.397 e. The Bertz CT molecular complexity index is 548. The van der Waals surface area contributed by atoms with E-state index in [1.165, 1.54) is 0 Å². The number of thiazole rings is 1. The minimum atomic E-state index is 0.792. The Morgan fingerprint density at radius 1 is 1.56 bits per heavy atom. The van der Waals surface area contributed by atoms with Crippen LogP contribution in [-0.4, -0.2) is 23.0 Å². The summed E-state index contributed by atoms with van der Waals surface area (Å²) < 4.78 is 1.15. The van der Waals surface area contributed by atoms with Crippen molar-refractivity contribution in [3.8, 4) is 0 Å². The molecular weight excluding hydrogens is 262 g/mol. The number of fused-ring (bicyclic) bond motifs is 1. The molecule has 2 rings (SSSR count). The van der Waals surface area contributed by atoms with Gasteiger partial charge in [-0.1, -0.05) is 6.08 Å². The van der Waals surface area contributed by atoms with Crippen LogP contribution in [0, 0.1) is 6.92 Å². The zero-order chi connectivity index (χ0) is 13.0. The third kappa shape index (κ3) is 3.17. The second kappa shape index (κ2) is 6.11. The van der Waals surface area contributed by atoms with Crippen molar-refractivity contribution in [3.05, 3.63) is 29.8 Å². The maximum absolute atomic E-state index is 6.03. The number of hydrogen-bond donors (Lipinski definition) is 2. The Morgan fingerprint density at radius 3 is 3.17 bits per heavy atom. The van der Waals surface area contributed by atoms with Crippen LogP contribution in [0.3, 0.4) is 0 Å². The molecule has 5 heteroatoms. The second-order valence-corrected chi connectivity index (χ2v) is 6.32. The molecule has 3 nitrogen and oxygen atoms in total. The molecule has 1 aromatic heterocycles. The zero-order valence-corrected chi connectivity index (χ0v) is 12.0. The number of aromatic nitrogens is 1. The van der Waals surface area contributed by atoms with Gasteiger partial charge in [-0.25, -0.2) is 4.98 Å². The van der Waals surface area contributed by atoms with Crippen molar-refractivity contribution in [1.82, 2.24) is 4.98 Å². The van der Waals surface area contributed by atoms with E-state index in [1.807, 2.05) is 36.9 Å². The third-order valence-electron chi connectivity index (χ3n) is 2.46. The molecule has 0 saturated heterocycles. The molecule has 3 N–H and O–H groups in total. The van der Waals surface area contributed by atoms with Gasteiger partial charge in [0, 0.05) is 18.1 Å². The van der Waals surface area contributed by atoms with Crippen LogP contribution in [0.5, 0.6) is 0 Å². The van der Waals surface area contributed by atoms with E-state index in [1.54, 1.807) is 11.3 Å². The van der Waals surface area contributed by atoms with E-state index in [-0.39, 0.29) is 0 Å². The summed E-state index contributed by atoms with van der Waals surface area (Å²) in [5.41, 5.74) is 8.82. The number of anilines is 2. The van der Waals surface area contributed by atoms with E-state index >= 15 is 0 Å². The molecule has 96 valence electrons. The highest BCUT2D eigenvalue weighted by atomic mass is 32.2. The Labute approximate surface area is 115 Å². The Kier molecular flexibility index (Phi) is 4.49. The van der Waals surface area contributed by atoms with Gasteiger partial charge in [0.15, 0.2) is 0 Å². The van der Waals surface area contributed by atoms with Gasteiger partial charge < -0.3 is 11.1 Å². The molecule has 0 spiro atoms. The van der Waals surface area contributed by atoms with E-state index in [4.69, 9.17) is 5.73 Å². The van der Waals surface area contributed by atoms with Gasteiger partial charge >= 0.3 is 0 Å². The van der Waals surface area contributed by atoms with Gasteiger partial charge in [0.05, 0.1) is 26.6 Å². The minimum absolute atomic E-state index is 0.792. The summed E-state index contributed by atoms with van der Waals surface area (Å²) in [4.78, 5) is 4.48. The zero-order valence-electron chi connectivity index (χ0n) is 10.4. The molecule has 0 unspecified atom stereocenters. The summed E-state index contributed by atoms with van der Waals surface area (Å²) in [5.74, 6) is 2.03. The van der Waals surface area contributed by atoms with Gasteiger partial charge in [-0.15, -0.1) is 17.9 Å². The van der Waals surface area contributed by atoms with Crippen molar-refractivity contribution in [2.75, 3.05) is 29.1 Å². The second-order valence-electron chi connectivity index (χ2n) is 3.93. The Balaban J connectivity index is 2.03. The maximum Gasteiger partial charge on any atom is 0.0907 e. The van der Waals surface area contributed by atoms with Gasteiger partial charge in [0.1, 0.15) is 0 Å². The average molecular weight is 279 g/mol. The number of nitrogen functional groups attached to an aromatic ring is 1. The summed E-state index contributed by atoms with van der Waals surface area (Å²) in [5, 5.41) is 4.43. The van der Waals surface area contributed by atoms with E-state index in [0.29, 0.717) is 0 Å². The molecule has 1 heterocycles.